The molecule has 1 aromatic heterocycles. The molecule has 1 N–H and O–H groups in total. The Morgan fingerprint density at radius 3 is 2.74 bits per heavy atom. The van der Waals surface area contributed by atoms with Crippen molar-refractivity contribution in [2.75, 3.05) is 45.8 Å². The van der Waals surface area contributed by atoms with Crippen LogP contribution in [0.25, 0.3) is 0 Å². The lowest BCUT2D eigenvalue weighted by Crippen LogP contribution is -2.46. The molecule has 0 unspecified atom stereocenters. The number of pyridine rings is 1. The van der Waals surface area contributed by atoms with Gasteiger partial charge in [0.2, 0.25) is 0 Å². The number of aromatic nitrogens is 1. The molecule has 0 atom stereocenters. The molecule has 1 aromatic rings. The highest BCUT2D eigenvalue weighted by atomic mass is 15.3. The topological polar surface area (TPSA) is 31.4 Å². The van der Waals surface area contributed by atoms with E-state index in [1.807, 2.05) is 12.3 Å². The number of nitrogens with one attached hydrogen (secondary N) is 1. The molecule has 0 amide bonds. The predicted octanol–water partition coefficient (Wildman–Crippen LogP) is 0.999. The summed E-state index contributed by atoms with van der Waals surface area (Å²) in [5, 5.41) is 3.47. The second-order valence-corrected chi connectivity index (χ2v) is 5.10. The lowest BCUT2D eigenvalue weighted by atomic mass is 10.2. The Labute approximate surface area is 116 Å². The zero-order chi connectivity index (χ0) is 13.3. The number of rotatable bonds is 7. The number of hydrogen-bond donors (Lipinski definition) is 1. The third kappa shape index (κ3) is 5.27. The fourth-order valence-corrected chi connectivity index (χ4v) is 2.44. The molecule has 105 valence electrons. The first-order valence-electron chi connectivity index (χ1n) is 7.35. The number of likely N-dealkylation sites (N-methyl/N-ethyl adjacent to an activating group) is 1. The van der Waals surface area contributed by atoms with Gasteiger partial charge in [0.15, 0.2) is 0 Å². The first-order valence-corrected chi connectivity index (χ1v) is 7.35. The molecule has 1 aliphatic rings. The second kappa shape index (κ2) is 8.25. The maximum Gasteiger partial charge on any atom is 0.0886 e. The van der Waals surface area contributed by atoms with E-state index in [-0.39, 0.29) is 0 Å². The molecular weight excluding hydrogens is 236 g/mol. The summed E-state index contributed by atoms with van der Waals surface area (Å²) >= 11 is 0. The van der Waals surface area contributed by atoms with E-state index in [0.717, 1.165) is 13.1 Å². The Kier molecular flexibility index (Phi) is 6.27. The van der Waals surface area contributed by atoms with Crippen LogP contribution in [0.5, 0.6) is 0 Å². The van der Waals surface area contributed by atoms with Gasteiger partial charge >= 0.3 is 0 Å². The monoisotopic (exact) mass is 261 g/mol. The zero-order valence-electron chi connectivity index (χ0n) is 11.9. The quantitative estimate of drug-likeness (QED) is 0.742. The summed E-state index contributed by atoms with van der Waals surface area (Å²) in [4.78, 5) is 9.09. The molecule has 0 spiro atoms. The van der Waals surface area contributed by atoms with Crippen molar-refractivity contribution in [3.63, 3.8) is 0 Å². The van der Waals surface area contributed by atoms with E-state index in [2.05, 4.69) is 39.3 Å². The summed E-state index contributed by atoms with van der Waals surface area (Å²) in [6.07, 6.45) is 5.89. The van der Waals surface area contributed by atoms with Crippen LogP contribution < -0.4 is 5.32 Å². The van der Waals surface area contributed by atoms with Crippen LogP contribution in [0, 0.1) is 6.20 Å². The van der Waals surface area contributed by atoms with Crippen molar-refractivity contribution >= 4 is 0 Å². The van der Waals surface area contributed by atoms with Gasteiger partial charge in [0.05, 0.1) is 6.20 Å². The van der Waals surface area contributed by atoms with Crippen molar-refractivity contribution in [1.82, 2.24) is 20.1 Å². The second-order valence-electron chi connectivity index (χ2n) is 5.10. The average molecular weight is 261 g/mol. The van der Waals surface area contributed by atoms with Gasteiger partial charge < -0.3 is 15.1 Å². The van der Waals surface area contributed by atoms with Crippen molar-refractivity contribution in [1.29, 1.82) is 0 Å². The molecule has 4 nitrogen and oxygen atoms in total. The van der Waals surface area contributed by atoms with Crippen molar-refractivity contribution in [2.45, 2.75) is 19.9 Å². The molecule has 4 heteroatoms. The van der Waals surface area contributed by atoms with Crippen molar-refractivity contribution < 1.29 is 0 Å². The van der Waals surface area contributed by atoms with Gasteiger partial charge in [-0.25, -0.2) is 0 Å². The number of hydrogen-bond acceptors (Lipinski definition) is 4. The highest BCUT2D eigenvalue weighted by molar-refractivity contribution is 5.07. The Balaban J connectivity index is 1.51. The maximum atomic E-state index is 3.99. The van der Waals surface area contributed by atoms with Crippen LogP contribution in [-0.4, -0.2) is 60.6 Å². The molecule has 2 rings (SSSR count). The van der Waals surface area contributed by atoms with E-state index in [4.69, 9.17) is 0 Å². The fraction of sp³-hybridized carbons (Fsp3) is 0.667. The van der Waals surface area contributed by atoms with E-state index in [0.29, 0.717) is 0 Å². The van der Waals surface area contributed by atoms with Crippen LogP contribution in [0.3, 0.4) is 0 Å². The lowest BCUT2D eigenvalue weighted by molar-refractivity contribution is 0.136. The zero-order valence-corrected chi connectivity index (χ0v) is 11.9. The van der Waals surface area contributed by atoms with Gasteiger partial charge in [0.25, 0.3) is 0 Å². The van der Waals surface area contributed by atoms with Gasteiger partial charge in [-0.1, -0.05) is 13.0 Å². The highest BCUT2D eigenvalue weighted by Gasteiger charge is 2.14. The standard InChI is InChI=1S/C15H25N4/c1-2-18-9-11-19(12-10-18)8-4-7-17-14-15-5-3-6-16-13-15/h3,5,13,17H,2,4,7-12,14H2,1H3. The molecule has 1 radical (unpaired) electrons. The van der Waals surface area contributed by atoms with Crippen molar-refractivity contribution in [3.8, 4) is 0 Å². The maximum absolute atomic E-state index is 3.99. The van der Waals surface area contributed by atoms with Gasteiger partial charge in [0.1, 0.15) is 0 Å². The SMILES string of the molecule is CCN1CCN(CCCNCc2cc[c]nc2)CC1. The van der Waals surface area contributed by atoms with Crippen LogP contribution in [0.15, 0.2) is 18.3 Å². The molecule has 0 aromatic carbocycles. The molecule has 0 aliphatic carbocycles. The minimum atomic E-state index is 0.908. The molecule has 1 aliphatic heterocycles. The smallest absolute Gasteiger partial charge is 0.0886 e. The van der Waals surface area contributed by atoms with Crippen LogP contribution in [-0.2, 0) is 6.54 Å². The summed E-state index contributed by atoms with van der Waals surface area (Å²) < 4.78 is 0. The van der Waals surface area contributed by atoms with Gasteiger partial charge in [-0.05, 0) is 37.7 Å². The third-order valence-electron chi connectivity index (χ3n) is 3.75. The lowest BCUT2D eigenvalue weighted by Gasteiger charge is -2.33. The van der Waals surface area contributed by atoms with E-state index in [1.54, 1.807) is 0 Å². The Bertz CT molecular complexity index is 333. The van der Waals surface area contributed by atoms with Gasteiger partial charge in [-0.3, -0.25) is 4.98 Å². The number of piperazine rings is 1. The molecule has 0 bridgehead atoms. The molecule has 1 fully saturated rings. The first kappa shape index (κ1) is 14.4. The normalized spacial score (nSPS) is 17.7. The summed E-state index contributed by atoms with van der Waals surface area (Å²) in [6, 6.07) is 3.92. The molecular formula is C15H25N4. The number of nitrogens with zero attached hydrogens (tertiary/aromatic N) is 3. The summed E-state index contributed by atoms with van der Waals surface area (Å²) in [7, 11) is 0. The van der Waals surface area contributed by atoms with E-state index in [9.17, 15) is 0 Å². The van der Waals surface area contributed by atoms with Crippen molar-refractivity contribution in [2.24, 2.45) is 0 Å². The van der Waals surface area contributed by atoms with Crippen LogP contribution in [0.4, 0.5) is 0 Å². The molecule has 19 heavy (non-hydrogen) atoms. The van der Waals surface area contributed by atoms with Crippen LogP contribution >= 0.6 is 0 Å². The summed E-state index contributed by atoms with van der Waals surface area (Å²) in [5.41, 5.74) is 1.23. The minimum absolute atomic E-state index is 0.908. The van der Waals surface area contributed by atoms with Gasteiger partial charge in [0, 0.05) is 38.9 Å². The van der Waals surface area contributed by atoms with E-state index >= 15 is 0 Å². The third-order valence-corrected chi connectivity index (χ3v) is 3.75. The van der Waals surface area contributed by atoms with Crippen LogP contribution in [0.2, 0.25) is 0 Å². The minimum Gasteiger partial charge on any atom is -0.313 e. The Hall–Kier alpha value is -0.970. The summed E-state index contributed by atoms with van der Waals surface area (Å²) in [6.45, 7) is 11.6. The molecule has 1 saturated heterocycles. The first-order chi connectivity index (χ1) is 9.38. The van der Waals surface area contributed by atoms with Crippen LogP contribution in [0.1, 0.15) is 18.9 Å². The van der Waals surface area contributed by atoms with Gasteiger partial charge in [-0.2, -0.15) is 0 Å². The molecule has 2 heterocycles. The van der Waals surface area contributed by atoms with E-state index < -0.39 is 0 Å². The largest absolute Gasteiger partial charge is 0.313 e. The van der Waals surface area contributed by atoms with Crippen molar-refractivity contribution in [3.05, 3.63) is 30.1 Å². The Morgan fingerprint density at radius 2 is 2.05 bits per heavy atom. The Morgan fingerprint density at radius 1 is 1.26 bits per heavy atom. The molecule has 0 saturated carbocycles. The predicted molar refractivity (Wildman–Crippen MR) is 78.0 cm³/mol. The van der Waals surface area contributed by atoms with Gasteiger partial charge in [-0.15, -0.1) is 0 Å². The average Bonchev–Trinajstić information content (AvgIpc) is 2.49. The van der Waals surface area contributed by atoms with E-state index in [1.165, 1.54) is 51.3 Å². The fourth-order valence-electron chi connectivity index (χ4n) is 2.44. The summed E-state index contributed by atoms with van der Waals surface area (Å²) in [5.74, 6) is 0. The highest BCUT2D eigenvalue weighted by Crippen LogP contribution is 2.01.